The van der Waals surface area contributed by atoms with E-state index >= 15 is 0 Å². The summed E-state index contributed by atoms with van der Waals surface area (Å²) in [4.78, 5) is 23.2. The van der Waals surface area contributed by atoms with E-state index in [1.54, 1.807) is 11.8 Å². The molecule has 6 heteroatoms. The SMILES string of the molecule is CCCOc1ccc(-c2nc(N)nc(C)c2C(=O)N(CC)CC)cc1. The van der Waals surface area contributed by atoms with Crippen molar-refractivity contribution in [3.8, 4) is 17.0 Å². The fourth-order valence-corrected chi connectivity index (χ4v) is 2.66. The van der Waals surface area contributed by atoms with Gasteiger partial charge in [0.15, 0.2) is 0 Å². The molecule has 1 heterocycles. The Hall–Kier alpha value is -2.63. The number of hydrogen-bond donors (Lipinski definition) is 1. The molecule has 0 radical (unpaired) electrons. The Balaban J connectivity index is 2.47. The van der Waals surface area contributed by atoms with Crippen LogP contribution in [0.15, 0.2) is 24.3 Å². The van der Waals surface area contributed by atoms with Gasteiger partial charge < -0.3 is 15.4 Å². The van der Waals surface area contributed by atoms with E-state index in [-0.39, 0.29) is 11.9 Å². The molecule has 2 N–H and O–H groups in total. The third-order valence-electron chi connectivity index (χ3n) is 3.97. The Labute approximate surface area is 149 Å². The molecule has 0 spiro atoms. The van der Waals surface area contributed by atoms with E-state index in [2.05, 4.69) is 16.9 Å². The molecule has 0 saturated carbocycles. The van der Waals surface area contributed by atoms with Crippen LogP contribution in [0.3, 0.4) is 0 Å². The molecule has 0 fully saturated rings. The minimum absolute atomic E-state index is 0.0798. The third kappa shape index (κ3) is 4.26. The summed E-state index contributed by atoms with van der Waals surface area (Å²) < 4.78 is 5.61. The first-order valence-electron chi connectivity index (χ1n) is 8.68. The molecule has 0 aliphatic rings. The Morgan fingerprint density at radius 3 is 2.32 bits per heavy atom. The summed E-state index contributed by atoms with van der Waals surface area (Å²) >= 11 is 0. The van der Waals surface area contributed by atoms with Gasteiger partial charge in [-0.1, -0.05) is 6.92 Å². The van der Waals surface area contributed by atoms with E-state index in [9.17, 15) is 4.79 Å². The molecular weight excluding hydrogens is 316 g/mol. The summed E-state index contributed by atoms with van der Waals surface area (Å²) in [6.45, 7) is 9.68. The second-order valence-corrected chi connectivity index (χ2v) is 5.74. The number of hydrogen-bond acceptors (Lipinski definition) is 5. The van der Waals surface area contributed by atoms with Crippen LogP contribution in [0.4, 0.5) is 5.95 Å². The minimum atomic E-state index is -0.0798. The second kappa shape index (κ2) is 8.46. The molecule has 0 atom stereocenters. The minimum Gasteiger partial charge on any atom is -0.494 e. The molecule has 0 aliphatic carbocycles. The van der Waals surface area contributed by atoms with Crippen LogP contribution in [0, 0.1) is 6.92 Å². The lowest BCUT2D eigenvalue weighted by Gasteiger charge is -2.21. The van der Waals surface area contributed by atoms with Crippen LogP contribution in [0.1, 0.15) is 43.2 Å². The molecule has 1 aromatic heterocycles. The number of anilines is 1. The van der Waals surface area contributed by atoms with Crippen molar-refractivity contribution >= 4 is 11.9 Å². The number of benzene rings is 1. The highest BCUT2D eigenvalue weighted by molar-refractivity contribution is 6.01. The van der Waals surface area contributed by atoms with E-state index in [0.717, 1.165) is 17.7 Å². The number of ether oxygens (including phenoxy) is 1. The Kier molecular flexibility index (Phi) is 6.33. The van der Waals surface area contributed by atoms with Gasteiger partial charge in [0.2, 0.25) is 5.95 Å². The van der Waals surface area contributed by atoms with Crippen molar-refractivity contribution in [2.75, 3.05) is 25.4 Å². The maximum Gasteiger partial charge on any atom is 0.257 e. The largest absolute Gasteiger partial charge is 0.494 e. The summed E-state index contributed by atoms with van der Waals surface area (Å²) in [5.74, 6) is 0.875. The second-order valence-electron chi connectivity index (χ2n) is 5.74. The number of nitrogens with two attached hydrogens (primary N) is 1. The number of amides is 1. The van der Waals surface area contributed by atoms with Crippen LogP contribution >= 0.6 is 0 Å². The first-order valence-corrected chi connectivity index (χ1v) is 8.68. The zero-order valence-electron chi connectivity index (χ0n) is 15.4. The van der Waals surface area contributed by atoms with E-state index in [1.807, 2.05) is 38.1 Å². The van der Waals surface area contributed by atoms with E-state index in [0.29, 0.717) is 36.6 Å². The van der Waals surface area contributed by atoms with Crippen molar-refractivity contribution in [3.63, 3.8) is 0 Å². The van der Waals surface area contributed by atoms with Crippen LogP contribution in [-0.4, -0.2) is 40.5 Å². The van der Waals surface area contributed by atoms with Crippen LogP contribution in [-0.2, 0) is 0 Å². The number of nitrogen functional groups attached to an aromatic ring is 1. The highest BCUT2D eigenvalue weighted by atomic mass is 16.5. The van der Waals surface area contributed by atoms with Gasteiger partial charge in [-0.15, -0.1) is 0 Å². The van der Waals surface area contributed by atoms with E-state index in [4.69, 9.17) is 10.5 Å². The first-order chi connectivity index (χ1) is 12.0. The lowest BCUT2D eigenvalue weighted by atomic mass is 10.0. The standard InChI is InChI=1S/C19H26N4O2/c1-5-12-25-15-10-8-14(9-11-15)17-16(13(4)21-19(20)22-17)18(24)23(6-2)7-3/h8-11H,5-7,12H2,1-4H3,(H2,20,21,22). The highest BCUT2D eigenvalue weighted by Gasteiger charge is 2.22. The normalized spacial score (nSPS) is 10.6. The zero-order valence-corrected chi connectivity index (χ0v) is 15.4. The van der Waals surface area contributed by atoms with Gasteiger partial charge in [0.25, 0.3) is 5.91 Å². The topological polar surface area (TPSA) is 81.3 Å². The van der Waals surface area contributed by atoms with E-state index < -0.39 is 0 Å². The molecular formula is C19H26N4O2. The van der Waals surface area contributed by atoms with Gasteiger partial charge in [0.05, 0.1) is 23.6 Å². The molecule has 1 amide bonds. The molecule has 25 heavy (non-hydrogen) atoms. The van der Waals surface area contributed by atoms with Gasteiger partial charge in [-0.2, -0.15) is 0 Å². The number of carbonyl (C=O) groups is 1. The Bertz CT molecular complexity index is 725. The average Bonchev–Trinajstić information content (AvgIpc) is 2.60. The number of carbonyl (C=O) groups excluding carboxylic acids is 1. The Morgan fingerprint density at radius 1 is 1.12 bits per heavy atom. The quantitative estimate of drug-likeness (QED) is 0.835. The number of aromatic nitrogens is 2. The summed E-state index contributed by atoms with van der Waals surface area (Å²) in [6.07, 6.45) is 0.950. The molecule has 0 unspecified atom stereocenters. The predicted octanol–water partition coefficient (Wildman–Crippen LogP) is 3.31. The average molecular weight is 342 g/mol. The number of aryl methyl sites for hydroxylation is 1. The molecule has 0 saturated heterocycles. The predicted molar refractivity (Wildman–Crippen MR) is 99.7 cm³/mol. The first kappa shape index (κ1) is 18.7. The molecule has 1 aromatic carbocycles. The summed E-state index contributed by atoms with van der Waals surface area (Å²) in [6, 6.07) is 7.55. The molecule has 134 valence electrons. The van der Waals surface area contributed by atoms with Crippen LogP contribution in [0.2, 0.25) is 0 Å². The van der Waals surface area contributed by atoms with Crippen molar-refractivity contribution in [2.24, 2.45) is 0 Å². The lowest BCUT2D eigenvalue weighted by molar-refractivity contribution is 0.0772. The van der Waals surface area contributed by atoms with E-state index in [1.165, 1.54) is 0 Å². The van der Waals surface area contributed by atoms with Gasteiger partial charge in [0, 0.05) is 18.7 Å². The van der Waals surface area contributed by atoms with Crippen LogP contribution in [0.5, 0.6) is 5.75 Å². The van der Waals surface area contributed by atoms with Crippen LogP contribution < -0.4 is 10.5 Å². The third-order valence-corrected chi connectivity index (χ3v) is 3.97. The fraction of sp³-hybridized carbons (Fsp3) is 0.421. The monoisotopic (exact) mass is 342 g/mol. The van der Waals surface area contributed by atoms with Gasteiger partial charge in [0.1, 0.15) is 5.75 Å². The fourth-order valence-electron chi connectivity index (χ4n) is 2.66. The zero-order chi connectivity index (χ0) is 18.4. The van der Waals surface area contributed by atoms with Crippen LogP contribution in [0.25, 0.3) is 11.3 Å². The smallest absolute Gasteiger partial charge is 0.257 e. The molecule has 6 nitrogen and oxygen atoms in total. The summed E-state index contributed by atoms with van der Waals surface area (Å²) in [5.41, 5.74) is 8.29. The maximum absolute atomic E-state index is 12.9. The molecule has 0 aliphatic heterocycles. The summed E-state index contributed by atoms with van der Waals surface area (Å²) in [7, 11) is 0. The molecule has 2 rings (SSSR count). The summed E-state index contributed by atoms with van der Waals surface area (Å²) in [5, 5.41) is 0. The van der Waals surface area contributed by atoms with Gasteiger partial charge in [-0.3, -0.25) is 4.79 Å². The Morgan fingerprint density at radius 2 is 1.76 bits per heavy atom. The van der Waals surface area contributed by atoms with Crippen molar-refractivity contribution in [3.05, 3.63) is 35.5 Å². The number of rotatable bonds is 7. The maximum atomic E-state index is 12.9. The highest BCUT2D eigenvalue weighted by Crippen LogP contribution is 2.27. The van der Waals surface area contributed by atoms with Crippen molar-refractivity contribution in [1.29, 1.82) is 0 Å². The van der Waals surface area contributed by atoms with Gasteiger partial charge >= 0.3 is 0 Å². The van der Waals surface area contributed by atoms with Crippen molar-refractivity contribution < 1.29 is 9.53 Å². The number of nitrogens with zero attached hydrogens (tertiary/aromatic N) is 3. The van der Waals surface area contributed by atoms with Gasteiger partial charge in [-0.25, -0.2) is 9.97 Å². The molecule has 2 aromatic rings. The van der Waals surface area contributed by atoms with Crippen molar-refractivity contribution in [2.45, 2.75) is 34.1 Å². The van der Waals surface area contributed by atoms with Crippen molar-refractivity contribution in [1.82, 2.24) is 14.9 Å². The lowest BCUT2D eigenvalue weighted by Crippen LogP contribution is -2.32. The molecule has 0 bridgehead atoms. The van der Waals surface area contributed by atoms with Gasteiger partial charge in [-0.05, 0) is 51.5 Å².